The Kier molecular flexibility index (Phi) is 5.48. The van der Waals surface area contributed by atoms with Crippen molar-refractivity contribution in [3.63, 3.8) is 0 Å². The second kappa shape index (κ2) is 7.52. The van der Waals surface area contributed by atoms with Crippen LogP contribution in [0.4, 0.5) is 26.3 Å². The molecular formula is C19H18F6N2. The number of halogens is 6. The van der Waals surface area contributed by atoms with Gasteiger partial charge in [-0.05, 0) is 42.3 Å². The number of nitrogens with one attached hydrogen (secondary N) is 2. The first-order chi connectivity index (χ1) is 12.6. The van der Waals surface area contributed by atoms with E-state index in [1.807, 2.05) is 30.3 Å². The van der Waals surface area contributed by atoms with Crippen LogP contribution in [-0.4, -0.2) is 12.6 Å². The first kappa shape index (κ1) is 19.7. The van der Waals surface area contributed by atoms with E-state index in [9.17, 15) is 26.3 Å². The molecule has 27 heavy (non-hydrogen) atoms. The molecule has 0 unspecified atom stereocenters. The molecule has 146 valence electrons. The molecule has 1 heterocycles. The number of alkyl halides is 6. The molecule has 3 rings (SSSR count). The summed E-state index contributed by atoms with van der Waals surface area (Å²) in [7, 11) is 0. The smallest absolute Gasteiger partial charge is 0.309 e. The van der Waals surface area contributed by atoms with E-state index >= 15 is 0 Å². The number of hydrogen-bond acceptors (Lipinski definition) is 2. The van der Waals surface area contributed by atoms with Crippen LogP contribution in [0.25, 0.3) is 0 Å². The molecule has 0 bridgehead atoms. The van der Waals surface area contributed by atoms with Gasteiger partial charge in [0.2, 0.25) is 0 Å². The first-order valence-electron chi connectivity index (χ1n) is 8.44. The third kappa shape index (κ3) is 4.81. The SMILES string of the molecule is FC(F)(F)c1cc(CN[C@@H]2CCN[C@H]2c2ccccc2)cc(C(F)(F)F)c1. The van der Waals surface area contributed by atoms with E-state index in [4.69, 9.17) is 0 Å². The maximum atomic E-state index is 13.0. The molecule has 2 aromatic rings. The topological polar surface area (TPSA) is 24.1 Å². The van der Waals surface area contributed by atoms with Gasteiger partial charge in [0.15, 0.2) is 0 Å². The van der Waals surface area contributed by atoms with Crippen molar-refractivity contribution in [2.75, 3.05) is 6.54 Å². The van der Waals surface area contributed by atoms with Gasteiger partial charge < -0.3 is 10.6 Å². The summed E-state index contributed by atoms with van der Waals surface area (Å²) in [5, 5.41) is 6.41. The summed E-state index contributed by atoms with van der Waals surface area (Å²) in [6.45, 7) is 0.635. The summed E-state index contributed by atoms with van der Waals surface area (Å²) in [4.78, 5) is 0. The Hall–Kier alpha value is -2.06. The summed E-state index contributed by atoms with van der Waals surface area (Å²) in [5.74, 6) is 0. The van der Waals surface area contributed by atoms with Crippen molar-refractivity contribution in [2.24, 2.45) is 0 Å². The summed E-state index contributed by atoms with van der Waals surface area (Å²) < 4.78 is 77.8. The van der Waals surface area contributed by atoms with E-state index in [-0.39, 0.29) is 30.3 Å². The predicted octanol–water partition coefficient (Wildman–Crippen LogP) is 4.92. The van der Waals surface area contributed by atoms with Gasteiger partial charge in [0.25, 0.3) is 0 Å². The van der Waals surface area contributed by atoms with E-state index in [0.717, 1.165) is 24.1 Å². The lowest BCUT2D eigenvalue weighted by Crippen LogP contribution is -2.34. The zero-order chi connectivity index (χ0) is 19.7. The van der Waals surface area contributed by atoms with Crippen molar-refractivity contribution in [3.8, 4) is 0 Å². The molecule has 1 saturated heterocycles. The summed E-state index contributed by atoms with van der Waals surface area (Å²) in [5.41, 5.74) is -1.61. The van der Waals surface area contributed by atoms with E-state index in [2.05, 4.69) is 10.6 Å². The zero-order valence-electron chi connectivity index (χ0n) is 14.2. The molecule has 2 nitrogen and oxygen atoms in total. The van der Waals surface area contributed by atoms with Crippen LogP contribution in [0.2, 0.25) is 0 Å². The lowest BCUT2D eigenvalue weighted by Gasteiger charge is -2.22. The molecule has 1 fully saturated rings. The largest absolute Gasteiger partial charge is 0.416 e. The second-order valence-electron chi connectivity index (χ2n) is 6.53. The van der Waals surface area contributed by atoms with Crippen LogP contribution >= 0.6 is 0 Å². The minimum Gasteiger partial charge on any atom is -0.309 e. The fourth-order valence-corrected chi connectivity index (χ4v) is 3.30. The van der Waals surface area contributed by atoms with Gasteiger partial charge in [0, 0.05) is 18.6 Å². The Morgan fingerprint density at radius 2 is 1.48 bits per heavy atom. The quantitative estimate of drug-likeness (QED) is 0.727. The Labute approximate surface area is 152 Å². The Morgan fingerprint density at radius 1 is 0.889 bits per heavy atom. The van der Waals surface area contributed by atoms with Gasteiger partial charge in [-0.25, -0.2) is 0 Å². The van der Waals surface area contributed by atoms with Crippen LogP contribution in [-0.2, 0) is 18.9 Å². The van der Waals surface area contributed by atoms with Crippen molar-refractivity contribution >= 4 is 0 Å². The van der Waals surface area contributed by atoms with Gasteiger partial charge in [0.05, 0.1) is 11.1 Å². The van der Waals surface area contributed by atoms with Crippen molar-refractivity contribution in [1.82, 2.24) is 10.6 Å². The molecule has 2 atom stereocenters. The van der Waals surface area contributed by atoms with Crippen molar-refractivity contribution in [2.45, 2.75) is 37.4 Å². The number of rotatable bonds is 4. The normalized spacial score (nSPS) is 20.8. The molecule has 1 aliphatic heterocycles. The zero-order valence-corrected chi connectivity index (χ0v) is 14.2. The number of benzene rings is 2. The minimum absolute atomic E-state index is 0.0425. The summed E-state index contributed by atoms with van der Waals surface area (Å²) >= 11 is 0. The lowest BCUT2D eigenvalue weighted by molar-refractivity contribution is -0.143. The molecule has 0 spiro atoms. The van der Waals surface area contributed by atoms with E-state index in [1.54, 1.807) is 0 Å². The van der Waals surface area contributed by atoms with Gasteiger partial charge in [0.1, 0.15) is 0 Å². The molecule has 0 amide bonds. The van der Waals surface area contributed by atoms with Crippen molar-refractivity contribution in [3.05, 3.63) is 70.8 Å². The van der Waals surface area contributed by atoms with E-state index in [0.29, 0.717) is 6.54 Å². The monoisotopic (exact) mass is 388 g/mol. The summed E-state index contributed by atoms with van der Waals surface area (Å²) in [6, 6.07) is 11.1. The first-order valence-corrected chi connectivity index (χ1v) is 8.44. The van der Waals surface area contributed by atoms with Gasteiger partial charge in [-0.2, -0.15) is 26.3 Å². The minimum atomic E-state index is -4.84. The van der Waals surface area contributed by atoms with E-state index in [1.165, 1.54) is 0 Å². The highest BCUT2D eigenvalue weighted by atomic mass is 19.4. The average Bonchev–Trinajstić information content (AvgIpc) is 3.07. The van der Waals surface area contributed by atoms with Gasteiger partial charge >= 0.3 is 12.4 Å². The highest BCUT2D eigenvalue weighted by Gasteiger charge is 2.37. The maximum Gasteiger partial charge on any atom is 0.416 e. The van der Waals surface area contributed by atoms with Crippen molar-refractivity contribution < 1.29 is 26.3 Å². The molecular weight excluding hydrogens is 370 g/mol. The molecule has 0 saturated carbocycles. The molecule has 2 aromatic carbocycles. The summed E-state index contributed by atoms with van der Waals surface area (Å²) in [6.07, 6.45) is -8.94. The molecule has 0 aromatic heterocycles. The van der Waals surface area contributed by atoms with Crippen LogP contribution < -0.4 is 10.6 Å². The van der Waals surface area contributed by atoms with Crippen LogP contribution in [0.5, 0.6) is 0 Å². The Morgan fingerprint density at radius 3 is 2.04 bits per heavy atom. The van der Waals surface area contributed by atoms with Crippen LogP contribution in [0.15, 0.2) is 48.5 Å². The highest BCUT2D eigenvalue weighted by molar-refractivity contribution is 5.34. The van der Waals surface area contributed by atoms with Crippen LogP contribution in [0.3, 0.4) is 0 Å². The predicted molar refractivity (Wildman–Crippen MR) is 88.9 cm³/mol. The fourth-order valence-electron chi connectivity index (χ4n) is 3.30. The number of hydrogen-bond donors (Lipinski definition) is 2. The molecule has 8 heteroatoms. The second-order valence-corrected chi connectivity index (χ2v) is 6.53. The molecule has 1 aliphatic rings. The molecule has 0 aliphatic carbocycles. The fraction of sp³-hybridized carbons (Fsp3) is 0.368. The molecule has 0 radical (unpaired) electrons. The third-order valence-electron chi connectivity index (χ3n) is 4.60. The van der Waals surface area contributed by atoms with Gasteiger partial charge in [-0.1, -0.05) is 30.3 Å². The van der Waals surface area contributed by atoms with E-state index < -0.39 is 23.5 Å². The standard InChI is InChI=1S/C19H18F6N2/c20-18(21,22)14-8-12(9-15(10-14)19(23,24)25)11-27-16-6-7-26-17(16)13-4-2-1-3-5-13/h1-5,8-10,16-17,26-27H,6-7,11H2/t16-,17+/m1/s1. The van der Waals surface area contributed by atoms with Crippen molar-refractivity contribution in [1.29, 1.82) is 0 Å². The van der Waals surface area contributed by atoms with Crippen LogP contribution in [0, 0.1) is 0 Å². The lowest BCUT2D eigenvalue weighted by atomic mass is 10.00. The molecule has 2 N–H and O–H groups in total. The van der Waals surface area contributed by atoms with Gasteiger partial charge in [-0.3, -0.25) is 0 Å². The maximum absolute atomic E-state index is 13.0. The van der Waals surface area contributed by atoms with Crippen LogP contribution in [0.1, 0.15) is 34.7 Å². The van der Waals surface area contributed by atoms with Gasteiger partial charge in [-0.15, -0.1) is 0 Å². The Bertz CT molecular complexity index is 738. The highest BCUT2D eigenvalue weighted by Crippen LogP contribution is 2.36. The third-order valence-corrected chi connectivity index (χ3v) is 4.60. The Balaban J connectivity index is 1.79. The average molecular weight is 388 g/mol.